The van der Waals surface area contributed by atoms with Gasteiger partial charge < -0.3 is 14.6 Å². The number of halogens is 1. The second-order valence-corrected chi connectivity index (χ2v) is 5.90. The summed E-state index contributed by atoms with van der Waals surface area (Å²) in [5, 5.41) is 8.77. The van der Waals surface area contributed by atoms with E-state index in [1.54, 1.807) is 9.47 Å². The summed E-state index contributed by atoms with van der Waals surface area (Å²) in [5.74, 6) is -0.542. The summed E-state index contributed by atoms with van der Waals surface area (Å²) in [6.45, 7) is 1.28. The third-order valence-electron chi connectivity index (χ3n) is 3.56. The number of carboxylic acid groups (broad SMARTS) is 1. The van der Waals surface area contributed by atoms with Gasteiger partial charge in [-0.05, 0) is 40.8 Å². The van der Waals surface area contributed by atoms with E-state index in [0.29, 0.717) is 18.8 Å². The molecular formula is C13H17BrN2O3. The molecule has 0 unspecified atom stereocenters. The molecule has 2 heterocycles. The maximum Gasteiger partial charge on any atom is 0.303 e. The number of rotatable bonds is 3. The molecule has 2 rings (SSSR count). The molecule has 0 saturated carbocycles. The highest BCUT2D eigenvalue weighted by Gasteiger charge is 2.26. The van der Waals surface area contributed by atoms with Gasteiger partial charge in [-0.15, -0.1) is 0 Å². The molecule has 1 fully saturated rings. The predicted molar refractivity (Wildman–Crippen MR) is 74.0 cm³/mol. The van der Waals surface area contributed by atoms with Gasteiger partial charge in [0.05, 0.1) is 0 Å². The maximum absolute atomic E-state index is 12.3. The minimum absolute atomic E-state index is 0.0157. The molecule has 6 heteroatoms. The van der Waals surface area contributed by atoms with Gasteiger partial charge in [0.15, 0.2) is 0 Å². The van der Waals surface area contributed by atoms with Crippen molar-refractivity contribution in [3.05, 3.63) is 22.4 Å². The fourth-order valence-electron chi connectivity index (χ4n) is 2.49. The lowest BCUT2D eigenvalue weighted by atomic mass is 9.93. The van der Waals surface area contributed by atoms with Gasteiger partial charge in [-0.2, -0.15) is 0 Å². The second-order valence-electron chi connectivity index (χ2n) is 4.99. The van der Waals surface area contributed by atoms with Gasteiger partial charge in [-0.1, -0.05) is 0 Å². The van der Waals surface area contributed by atoms with Crippen molar-refractivity contribution in [2.24, 2.45) is 13.0 Å². The van der Waals surface area contributed by atoms with Crippen LogP contribution in [0.4, 0.5) is 0 Å². The molecule has 1 aromatic rings. The average molecular weight is 329 g/mol. The molecule has 0 radical (unpaired) electrons. The zero-order valence-electron chi connectivity index (χ0n) is 10.8. The molecular weight excluding hydrogens is 312 g/mol. The van der Waals surface area contributed by atoms with Crippen LogP contribution in [0.3, 0.4) is 0 Å². The van der Waals surface area contributed by atoms with Crippen LogP contribution in [0, 0.1) is 5.92 Å². The number of carbonyl (C=O) groups is 2. The van der Waals surface area contributed by atoms with Crippen LogP contribution in [0.1, 0.15) is 29.8 Å². The molecule has 19 heavy (non-hydrogen) atoms. The summed E-state index contributed by atoms with van der Waals surface area (Å²) >= 11 is 3.36. The molecule has 5 nitrogen and oxygen atoms in total. The van der Waals surface area contributed by atoms with Crippen molar-refractivity contribution in [1.82, 2.24) is 9.47 Å². The predicted octanol–water partition coefficient (Wildman–Crippen LogP) is 2.11. The lowest BCUT2D eigenvalue weighted by Crippen LogP contribution is -2.39. The van der Waals surface area contributed by atoms with E-state index in [0.717, 1.165) is 17.3 Å². The van der Waals surface area contributed by atoms with E-state index in [-0.39, 0.29) is 18.2 Å². The number of likely N-dealkylation sites (tertiary alicyclic amines) is 1. The first-order valence-electron chi connectivity index (χ1n) is 6.30. The normalized spacial score (nSPS) is 16.6. The Bertz CT molecular complexity index is 490. The van der Waals surface area contributed by atoms with Crippen LogP contribution in [0.2, 0.25) is 0 Å². The van der Waals surface area contributed by atoms with E-state index in [9.17, 15) is 9.59 Å². The van der Waals surface area contributed by atoms with E-state index < -0.39 is 5.97 Å². The molecule has 1 aliphatic rings. The first-order valence-corrected chi connectivity index (χ1v) is 7.09. The van der Waals surface area contributed by atoms with Gasteiger partial charge >= 0.3 is 5.97 Å². The smallest absolute Gasteiger partial charge is 0.303 e. The topological polar surface area (TPSA) is 62.5 Å². The number of nitrogens with zero attached hydrogens (tertiary/aromatic N) is 2. The Morgan fingerprint density at radius 1 is 1.42 bits per heavy atom. The number of aryl methyl sites for hydroxylation is 1. The summed E-state index contributed by atoms with van der Waals surface area (Å²) in [4.78, 5) is 24.8. The van der Waals surface area contributed by atoms with Crippen LogP contribution in [-0.4, -0.2) is 39.5 Å². The third kappa shape index (κ3) is 3.37. The van der Waals surface area contributed by atoms with Crippen LogP contribution >= 0.6 is 15.9 Å². The number of aromatic nitrogens is 1. The van der Waals surface area contributed by atoms with Crippen molar-refractivity contribution in [3.63, 3.8) is 0 Å². The Kier molecular flexibility index (Phi) is 4.29. The lowest BCUT2D eigenvalue weighted by Gasteiger charge is -2.31. The number of hydrogen-bond acceptors (Lipinski definition) is 2. The van der Waals surface area contributed by atoms with Crippen molar-refractivity contribution in [2.45, 2.75) is 19.3 Å². The molecule has 1 N–H and O–H groups in total. The molecule has 0 atom stereocenters. The van der Waals surface area contributed by atoms with Gasteiger partial charge in [0.25, 0.3) is 5.91 Å². The lowest BCUT2D eigenvalue weighted by molar-refractivity contribution is -0.138. The molecule has 0 aliphatic carbocycles. The van der Waals surface area contributed by atoms with Gasteiger partial charge in [-0.25, -0.2) is 0 Å². The average Bonchev–Trinajstić information content (AvgIpc) is 2.68. The Balaban J connectivity index is 1.96. The summed E-state index contributed by atoms with van der Waals surface area (Å²) in [5.41, 5.74) is 0.656. The van der Waals surface area contributed by atoms with Crippen molar-refractivity contribution >= 4 is 27.8 Å². The summed E-state index contributed by atoms with van der Waals surface area (Å²) in [7, 11) is 1.84. The van der Waals surface area contributed by atoms with Crippen LogP contribution in [0.15, 0.2) is 16.7 Å². The molecule has 0 spiro atoms. The summed E-state index contributed by atoms with van der Waals surface area (Å²) in [6, 6.07) is 1.81. The van der Waals surface area contributed by atoms with Gasteiger partial charge in [0.2, 0.25) is 0 Å². The van der Waals surface area contributed by atoms with Gasteiger partial charge in [-0.3, -0.25) is 9.59 Å². The molecule has 104 valence electrons. The first-order chi connectivity index (χ1) is 8.97. The number of hydrogen-bond donors (Lipinski definition) is 1. The molecule has 1 saturated heterocycles. The Morgan fingerprint density at radius 2 is 2.05 bits per heavy atom. The van der Waals surface area contributed by atoms with Crippen molar-refractivity contribution < 1.29 is 14.7 Å². The number of carbonyl (C=O) groups excluding carboxylic acids is 1. The fraction of sp³-hybridized carbons (Fsp3) is 0.538. The maximum atomic E-state index is 12.3. The first kappa shape index (κ1) is 14.1. The second kappa shape index (κ2) is 5.77. The minimum atomic E-state index is -0.754. The zero-order chi connectivity index (χ0) is 14.0. The Labute approximate surface area is 120 Å². The highest BCUT2D eigenvalue weighted by molar-refractivity contribution is 9.10. The largest absolute Gasteiger partial charge is 0.481 e. The molecule has 1 aromatic heterocycles. The SMILES string of the molecule is Cn1cc(Br)cc1C(=O)N1CCC(CC(=O)O)CC1. The number of amides is 1. The number of piperidine rings is 1. The third-order valence-corrected chi connectivity index (χ3v) is 3.99. The van der Waals surface area contributed by atoms with Gasteiger partial charge in [0, 0.05) is 37.2 Å². The Morgan fingerprint density at radius 3 is 2.53 bits per heavy atom. The van der Waals surface area contributed by atoms with Crippen LogP contribution in [-0.2, 0) is 11.8 Å². The standard InChI is InChI=1S/C13H17BrN2O3/c1-15-8-10(14)7-11(15)13(19)16-4-2-9(3-5-16)6-12(17)18/h7-9H,2-6H2,1H3,(H,17,18). The highest BCUT2D eigenvalue weighted by Crippen LogP contribution is 2.23. The zero-order valence-corrected chi connectivity index (χ0v) is 12.4. The summed E-state index contributed by atoms with van der Waals surface area (Å²) in [6.07, 6.45) is 3.59. The molecule has 0 bridgehead atoms. The number of carboxylic acids is 1. The van der Waals surface area contributed by atoms with Crippen molar-refractivity contribution in [3.8, 4) is 0 Å². The van der Waals surface area contributed by atoms with E-state index in [2.05, 4.69) is 15.9 Å². The quantitative estimate of drug-likeness (QED) is 0.924. The molecule has 1 amide bonds. The van der Waals surface area contributed by atoms with Crippen molar-refractivity contribution in [1.29, 1.82) is 0 Å². The van der Waals surface area contributed by atoms with E-state index in [1.807, 2.05) is 19.3 Å². The Hall–Kier alpha value is -1.30. The highest BCUT2D eigenvalue weighted by atomic mass is 79.9. The monoisotopic (exact) mass is 328 g/mol. The van der Waals surface area contributed by atoms with E-state index in [1.165, 1.54) is 0 Å². The van der Waals surface area contributed by atoms with Crippen molar-refractivity contribution in [2.75, 3.05) is 13.1 Å². The molecule has 1 aliphatic heterocycles. The van der Waals surface area contributed by atoms with Crippen LogP contribution in [0.5, 0.6) is 0 Å². The van der Waals surface area contributed by atoms with E-state index in [4.69, 9.17) is 5.11 Å². The van der Waals surface area contributed by atoms with Crippen LogP contribution in [0.25, 0.3) is 0 Å². The van der Waals surface area contributed by atoms with E-state index >= 15 is 0 Å². The molecule has 0 aromatic carbocycles. The van der Waals surface area contributed by atoms with Crippen LogP contribution < -0.4 is 0 Å². The van der Waals surface area contributed by atoms with Gasteiger partial charge in [0.1, 0.15) is 5.69 Å². The number of aliphatic carboxylic acids is 1. The minimum Gasteiger partial charge on any atom is -0.481 e. The fourth-order valence-corrected chi connectivity index (χ4v) is 3.01. The summed E-state index contributed by atoms with van der Waals surface area (Å²) < 4.78 is 2.69.